The molecule has 0 amide bonds. The van der Waals surface area contributed by atoms with Crippen LogP contribution in [0, 0.1) is 18.3 Å². The summed E-state index contributed by atoms with van der Waals surface area (Å²) in [6, 6.07) is 72.7. The van der Waals surface area contributed by atoms with Crippen LogP contribution in [0.2, 0.25) is 0 Å². The van der Waals surface area contributed by atoms with Gasteiger partial charge in [0.15, 0.2) is 0 Å². The number of nitrogens with zero attached hydrogens (tertiary/aromatic N) is 4. The zero-order valence-electron chi connectivity index (χ0n) is 29.8. The molecule has 0 aliphatic heterocycles. The van der Waals surface area contributed by atoms with Crippen LogP contribution in [0.1, 0.15) is 11.1 Å². The van der Waals surface area contributed by atoms with Crippen LogP contribution in [0.5, 0.6) is 0 Å². The van der Waals surface area contributed by atoms with Crippen LogP contribution in [0.3, 0.4) is 0 Å². The first-order valence-corrected chi connectivity index (χ1v) is 18.2. The van der Waals surface area contributed by atoms with Gasteiger partial charge in [0.2, 0.25) is 0 Å². The molecule has 1 heterocycles. The van der Waals surface area contributed by atoms with Crippen molar-refractivity contribution in [1.29, 1.82) is 5.26 Å². The van der Waals surface area contributed by atoms with E-state index < -0.39 is 0 Å². The van der Waals surface area contributed by atoms with Crippen molar-refractivity contribution in [2.45, 2.75) is 6.92 Å². The van der Waals surface area contributed by atoms with Gasteiger partial charge in [-0.15, -0.1) is 0 Å². The summed E-state index contributed by atoms with van der Waals surface area (Å²) >= 11 is 0. The van der Waals surface area contributed by atoms with Crippen LogP contribution in [0.25, 0.3) is 38.6 Å². The minimum absolute atomic E-state index is 0.674. The molecule has 256 valence electrons. The Labute approximate surface area is 315 Å². The molecule has 0 fully saturated rings. The van der Waals surface area contributed by atoms with Crippen LogP contribution in [0.15, 0.2) is 200 Å². The minimum Gasteiger partial charge on any atom is -0.310 e. The molecule has 0 radical (unpaired) electrons. The number of anilines is 6. The number of rotatable bonds is 8. The number of hydrogen-bond acceptors (Lipinski definition) is 3. The third-order valence-corrected chi connectivity index (χ3v) is 10.0. The van der Waals surface area contributed by atoms with Gasteiger partial charge >= 0.3 is 0 Å². The van der Waals surface area contributed by atoms with Gasteiger partial charge in [-0.25, -0.2) is 0 Å². The second-order valence-electron chi connectivity index (χ2n) is 13.5. The third kappa shape index (κ3) is 5.94. The van der Waals surface area contributed by atoms with Gasteiger partial charge < -0.3 is 14.4 Å². The van der Waals surface area contributed by atoms with Gasteiger partial charge in [-0.3, -0.25) is 0 Å². The molecule has 0 unspecified atom stereocenters. The molecule has 0 spiro atoms. The average Bonchev–Trinajstić information content (AvgIpc) is 3.56. The molecular weight excluding hydrogens is 657 g/mol. The van der Waals surface area contributed by atoms with Crippen molar-refractivity contribution in [3.8, 4) is 22.9 Å². The van der Waals surface area contributed by atoms with Crippen LogP contribution >= 0.6 is 0 Å². The Bertz CT molecular complexity index is 2550. The van der Waals surface area contributed by atoms with Gasteiger partial charge in [-0.2, -0.15) is 5.26 Å². The highest BCUT2D eigenvalue weighted by atomic mass is 15.1. The Morgan fingerprint density at radius 1 is 0.426 bits per heavy atom. The number of para-hydroxylation sites is 4. The average molecular weight is 693 g/mol. The predicted molar refractivity (Wildman–Crippen MR) is 225 cm³/mol. The molecule has 54 heavy (non-hydrogen) atoms. The van der Waals surface area contributed by atoms with Crippen LogP contribution in [-0.4, -0.2) is 4.57 Å². The highest BCUT2D eigenvalue weighted by Gasteiger charge is 2.20. The van der Waals surface area contributed by atoms with Crippen molar-refractivity contribution in [1.82, 2.24) is 4.57 Å². The maximum atomic E-state index is 9.86. The van der Waals surface area contributed by atoms with E-state index >= 15 is 0 Å². The van der Waals surface area contributed by atoms with E-state index in [0.717, 1.165) is 78.3 Å². The van der Waals surface area contributed by atoms with Gasteiger partial charge in [0.05, 0.1) is 22.7 Å². The summed E-state index contributed by atoms with van der Waals surface area (Å²) in [5, 5.41) is 12.2. The van der Waals surface area contributed by atoms with E-state index in [4.69, 9.17) is 0 Å². The number of hydrogen-bond donors (Lipinski definition) is 0. The van der Waals surface area contributed by atoms with Gasteiger partial charge in [0, 0.05) is 50.6 Å². The molecule has 4 nitrogen and oxygen atoms in total. The molecule has 0 aliphatic carbocycles. The second kappa shape index (κ2) is 14.0. The number of fused-ring (bicyclic) bond motifs is 3. The largest absolute Gasteiger partial charge is 0.310 e. The third-order valence-electron chi connectivity index (χ3n) is 10.0. The molecule has 1 aromatic heterocycles. The molecule has 0 saturated carbocycles. The van der Waals surface area contributed by atoms with Crippen molar-refractivity contribution in [2.75, 3.05) is 9.80 Å². The van der Waals surface area contributed by atoms with Gasteiger partial charge in [-0.05, 0) is 121 Å². The Kier molecular flexibility index (Phi) is 8.43. The SMILES string of the molecule is Cc1ccc(C#N)c(-c2ccc(-n3c4ccc(N(c5ccccc5)c5ccccc5)cc4c4cc(N(c5ccccc5)c5ccccc5)ccc43)cc2)c1. The lowest BCUT2D eigenvalue weighted by atomic mass is 9.98. The predicted octanol–water partition coefficient (Wildman–Crippen LogP) is 13.6. The zero-order valence-corrected chi connectivity index (χ0v) is 29.8. The first-order valence-electron chi connectivity index (χ1n) is 18.2. The maximum absolute atomic E-state index is 9.86. The molecule has 0 atom stereocenters. The molecule has 9 aromatic rings. The molecule has 0 bridgehead atoms. The number of aryl methyl sites for hydroxylation is 1. The van der Waals surface area contributed by atoms with E-state index in [2.05, 4.69) is 215 Å². The smallest absolute Gasteiger partial charge is 0.0998 e. The monoisotopic (exact) mass is 692 g/mol. The molecule has 0 aliphatic rings. The summed E-state index contributed by atoms with van der Waals surface area (Å²) in [5.74, 6) is 0. The fourth-order valence-electron chi connectivity index (χ4n) is 7.54. The zero-order chi connectivity index (χ0) is 36.4. The number of nitriles is 1. The van der Waals surface area contributed by atoms with Crippen molar-refractivity contribution >= 4 is 55.9 Å². The lowest BCUT2D eigenvalue weighted by Gasteiger charge is -2.26. The first kappa shape index (κ1) is 32.6. The molecule has 4 heteroatoms. The fourth-order valence-corrected chi connectivity index (χ4v) is 7.54. The van der Waals surface area contributed by atoms with E-state index in [9.17, 15) is 5.26 Å². The fraction of sp³-hybridized carbons (Fsp3) is 0.0200. The molecular formula is C50H36N4. The molecule has 9 rings (SSSR count). The lowest BCUT2D eigenvalue weighted by Crippen LogP contribution is -2.09. The molecule has 0 N–H and O–H groups in total. The Morgan fingerprint density at radius 3 is 1.26 bits per heavy atom. The quantitative estimate of drug-likeness (QED) is 0.159. The van der Waals surface area contributed by atoms with Crippen LogP contribution in [-0.2, 0) is 0 Å². The van der Waals surface area contributed by atoms with Crippen molar-refractivity contribution < 1.29 is 0 Å². The van der Waals surface area contributed by atoms with Gasteiger partial charge in [-0.1, -0.05) is 103 Å². The second-order valence-corrected chi connectivity index (χ2v) is 13.5. The molecule has 8 aromatic carbocycles. The summed E-state index contributed by atoms with van der Waals surface area (Å²) in [5.41, 5.74) is 13.6. The van der Waals surface area contributed by atoms with Crippen LogP contribution in [0.4, 0.5) is 34.1 Å². The van der Waals surface area contributed by atoms with Crippen molar-refractivity contribution in [3.63, 3.8) is 0 Å². The summed E-state index contributed by atoms with van der Waals surface area (Å²) in [4.78, 5) is 4.63. The van der Waals surface area contributed by atoms with E-state index in [1.54, 1.807) is 0 Å². The Balaban J connectivity index is 1.27. The van der Waals surface area contributed by atoms with E-state index in [1.807, 2.05) is 12.1 Å². The van der Waals surface area contributed by atoms with E-state index in [1.165, 1.54) is 0 Å². The summed E-state index contributed by atoms with van der Waals surface area (Å²) in [7, 11) is 0. The summed E-state index contributed by atoms with van der Waals surface area (Å²) < 4.78 is 2.36. The summed E-state index contributed by atoms with van der Waals surface area (Å²) in [6.45, 7) is 2.06. The van der Waals surface area contributed by atoms with Crippen LogP contribution < -0.4 is 9.80 Å². The highest BCUT2D eigenvalue weighted by molar-refractivity contribution is 6.12. The van der Waals surface area contributed by atoms with Crippen molar-refractivity contribution in [2.24, 2.45) is 0 Å². The topological polar surface area (TPSA) is 35.2 Å². The summed E-state index contributed by atoms with van der Waals surface area (Å²) in [6.07, 6.45) is 0. The first-order chi connectivity index (χ1) is 26.7. The highest BCUT2D eigenvalue weighted by Crippen LogP contribution is 2.42. The van der Waals surface area contributed by atoms with E-state index in [0.29, 0.717) is 5.56 Å². The number of benzene rings is 8. The standard InChI is InChI=1S/C50H36N4/c1-36-22-23-38(35-51)46(32-36)37-24-26-43(27-25-37)54-49-30-28-44(52(39-14-6-2-7-15-39)40-16-8-3-9-17-40)33-47(49)48-34-45(29-31-50(48)54)53(41-18-10-4-11-19-41)42-20-12-5-13-21-42/h2-34H,1H3. The Morgan fingerprint density at radius 2 is 0.852 bits per heavy atom. The van der Waals surface area contributed by atoms with Gasteiger partial charge in [0.25, 0.3) is 0 Å². The normalized spacial score (nSPS) is 11.0. The van der Waals surface area contributed by atoms with E-state index in [-0.39, 0.29) is 0 Å². The minimum atomic E-state index is 0.674. The number of aromatic nitrogens is 1. The molecule has 0 saturated heterocycles. The lowest BCUT2D eigenvalue weighted by molar-refractivity contribution is 1.18. The van der Waals surface area contributed by atoms with Crippen molar-refractivity contribution in [3.05, 3.63) is 211 Å². The maximum Gasteiger partial charge on any atom is 0.0998 e. The van der Waals surface area contributed by atoms with Gasteiger partial charge in [0.1, 0.15) is 0 Å². The Hall–Kier alpha value is -7.35.